The van der Waals surface area contributed by atoms with Crippen LogP contribution in [-0.4, -0.2) is 15.9 Å². The molecule has 2 rings (SSSR count). The second kappa shape index (κ2) is 22.6. The number of benzene rings is 1. The lowest BCUT2D eigenvalue weighted by molar-refractivity contribution is -0.134. The lowest BCUT2D eigenvalue weighted by atomic mass is 10.0. The van der Waals surface area contributed by atoms with E-state index >= 15 is 0 Å². The zero-order chi connectivity index (χ0) is 27.8. The van der Waals surface area contributed by atoms with Crippen LogP contribution in [0.5, 0.6) is 5.75 Å². The van der Waals surface area contributed by atoms with Crippen molar-refractivity contribution in [2.45, 2.75) is 155 Å². The van der Waals surface area contributed by atoms with Crippen molar-refractivity contribution in [1.29, 1.82) is 0 Å². The number of carbonyl (C=O) groups excluding carboxylic acids is 1. The van der Waals surface area contributed by atoms with Crippen LogP contribution in [0, 0.1) is 0 Å². The number of hydrogen-bond donors (Lipinski definition) is 0. The highest BCUT2D eigenvalue weighted by atomic mass is 16.5. The molecular weight excluding hydrogens is 480 g/mol. The Morgan fingerprint density at radius 3 is 1.51 bits per heavy atom. The number of nitrogens with zero attached hydrogens (tertiary/aromatic N) is 2. The van der Waals surface area contributed by atoms with E-state index in [0.717, 1.165) is 24.8 Å². The largest absolute Gasteiger partial charge is 0.423 e. The van der Waals surface area contributed by atoms with Crippen molar-refractivity contribution in [3.8, 4) is 17.1 Å². The maximum absolute atomic E-state index is 12.2. The number of aryl methyl sites for hydroxylation is 1. The van der Waals surface area contributed by atoms with E-state index in [-0.39, 0.29) is 5.97 Å². The molecule has 0 amide bonds. The predicted molar refractivity (Wildman–Crippen MR) is 165 cm³/mol. The van der Waals surface area contributed by atoms with Crippen molar-refractivity contribution in [1.82, 2.24) is 9.97 Å². The third kappa shape index (κ3) is 16.5. The van der Waals surface area contributed by atoms with Gasteiger partial charge in [0.25, 0.3) is 0 Å². The lowest BCUT2D eigenvalue weighted by Crippen LogP contribution is -2.08. The van der Waals surface area contributed by atoms with Crippen LogP contribution in [0.25, 0.3) is 11.4 Å². The Hall–Kier alpha value is -2.23. The summed E-state index contributed by atoms with van der Waals surface area (Å²) in [6.45, 7) is 4.53. The van der Waals surface area contributed by atoms with Crippen molar-refractivity contribution < 1.29 is 9.53 Å². The van der Waals surface area contributed by atoms with Crippen LogP contribution in [0.15, 0.2) is 36.7 Å². The van der Waals surface area contributed by atoms with Crippen LogP contribution >= 0.6 is 0 Å². The topological polar surface area (TPSA) is 52.1 Å². The summed E-state index contributed by atoms with van der Waals surface area (Å²) < 4.78 is 5.44. The van der Waals surface area contributed by atoms with Crippen molar-refractivity contribution in [2.24, 2.45) is 0 Å². The van der Waals surface area contributed by atoms with Gasteiger partial charge >= 0.3 is 5.97 Å². The summed E-state index contributed by atoms with van der Waals surface area (Å²) in [5.41, 5.74) is 2.36. The number of carbonyl (C=O) groups is 1. The van der Waals surface area contributed by atoms with Gasteiger partial charge in [-0.05, 0) is 24.8 Å². The first kappa shape index (κ1) is 33.0. The first-order valence-electron chi connectivity index (χ1n) is 16.3. The molecule has 0 spiro atoms. The van der Waals surface area contributed by atoms with E-state index in [4.69, 9.17) is 4.74 Å². The molecule has 0 fully saturated rings. The van der Waals surface area contributed by atoms with Gasteiger partial charge in [0.2, 0.25) is 0 Å². The zero-order valence-corrected chi connectivity index (χ0v) is 25.2. The normalized spacial score (nSPS) is 11.1. The predicted octanol–water partition coefficient (Wildman–Crippen LogP) is 10.8. The molecule has 1 aromatic heterocycles. The Labute approximate surface area is 239 Å². The van der Waals surface area contributed by atoms with Gasteiger partial charge in [0.1, 0.15) is 0 Å². The van der Waals surface area contributed by atoms with Gasteiger partial charge < -0.3 is 4.74 Å². The third-order valence-corrected chi connectivity index (χ3v) is 7.63. The average Bonchev–Trinajstić information content (AvgIpc) is 2.96. The summed E-state index contributed by atoms with van der Waals surface area (Å²) in [6, 6.07) is 8.56. The Morgan fingerprint density at radius 1 is 0.590 bits per heavy atom. The van der Waals surface area contributed by atoms with E-state index in [1.54, 1.807) is 12.4 Å². The van der Waals surface area contributed by atoms with Gasteiger partial charge in [-0.2, -0.15) is 0 Å². The van der Waals surface area contributed by atoms with Gasteiger partial charge in [0.15, 0.2) is 11.6 Å². The number of hydrogen-bond acceptors (Lipinski definition) is 4. The fourth-order valence-corrected chi connectivity index (χ4v) is 5.09. The summed E-state index contributed by atoms with van der Waals surface area (Å²) in [5, 5.41) is 0. The number of unbranched alkanes of at least 4 members (excludes halogenated alkanes) is 18. The molecule has 4 nitrogen and oxygen atoms in total. The second-order valence-corrected chi connectivity index (χ2v) is 11.3. The van der Waals surface area contributed by atoms with Gasteiger partial charge in [-0.3, -0.25) is 4.79 Å². The maximum atomic E-state index is 12.2. The van der Waals surface area contributed by atoms with Crippen LogP contribution in [0.4, 0.5) is 0 Å². The molecule has 39 heavy (non-hydrogen) atoms. The van der Waals surface area contributed by atoms with Gasteiger partial charge in [-0.15, -0.1) is 0 Å². The first-order chi connectivity index (χ1) is 19.2. The third-order valence-electron chi connectivity index (χ3n) is 7.63. The molecule has 1 aromatic carbocycles. The Morgan fingerprint density at radius 2 is 1.03 bits per heavy atom. The molecule has 0 aliphatic carbocycles. The van der Waals surface area contributed by atoms with Crippen molar-refractivity contribution in [3.63, 3.8) is 0 Å². The SMILES string of the molecule is CCCCCCCCCCCCC(=O)Oc1cnc(-c2ccc(CCCCCCCCCCCC)cc2)nc1. The maximum Gasteiger partial charge on any atom is 0.311 e. The second-order valence-electron chi connectivity index (χ2n) is 11.3. The quantitative estimate of drug-likeness (QED) is 0.0988. The van der Waals surface area contributed by atoms with E-state index in [2.05, 4.69) is 48.1 Å². The zero-order valence-electron chi connectivity index (χ0n) is 25.2. The van der Waals surface area contributed by atoms with Crippen LogP contribution in [0.3, 0.4) is 0 Å². The highest BCUT2D eigenvalue weighted by molar-refractivity contribution is 5.72. The van der Waals surface area contributed by atoms with E-state index < -0.39 is 0 Å². The van der Waals surface area contributed by atoms with E-state index in [9.17, 15) is 4.79 Å². The van der Waals surface area contributed by atoms with Crippen molar-refractivity contribution in [2.75, 3.05) is 0 Å². The van der Waals surface area contributed by atoms with Gasteiger partial charge in [-0.25, -0.2) is 9.97 Å². The fourth-order valence-electron chi connectivity index (χ4n) is 5.09. The molecule has 0 N–H and O–H groups in total. The lowest BCUT2D eigenvalue weighted by Gasteiger charge is -2.06. The minimum Gasteiger partial charge on any atom is -0.423 e. The van der Waals surface area contributed by atoms with E-state index in [0.29, 0.717) is 18.0 Å². The Balaban J connectivity index is 1.55. The molecule has 0 radical (unpaired) electrons. The molecule has 0 bridgehead atoms. The van der Waals surface area contributed by atoms with Crippen LogP contribution in [0.2, 0.25) is 0 Å². The molecule has 0 unspecified atom stereocenters. The highest BCUT2D eigenvalue weighted by Gasteiger charge is 2.07. The summed E-state index contributed by atoms with van der Waals surface area (Å²) in [7, 11) is 0. The summed E-state index contributed by atoms with van der Waals surface area (Å²) in [4.78, 5) is 21.0. The number of rotatable bonds is 24. The van der Waals surface area contributed by atoms with Gasteiger partial charge in [-0.1, -0.05) is 154 Å². The Kier molecular flexibility index (Phi) is 19.1. The smallest absolute Gasteiger partial charge is 0.311 e. The Bertz CT molecular complexity index is 848. The summed E-state index contributed by atoms with van der Waals surface area (Å²) in [5.74, 6) is 0.894. The molecule has 4 heteroatoms. The summed E-state index contributed by atoms with van der Waals surface area (Å²) in [6.07, 6.45) is 31.0. The molecule has 0 aliphatic heterocycles. The number of aromatic nitrogens is 2. The highest BCUT2D eigenvalue weighted by Crippen LogP contribution is 2.19. The summed E-state index contributed by atoms with van der Waals surface area (Å²) >= 11 is 0. The molecule has 0 saturated heterocycles. The molecule has 1 heterocycles. The standard InChI is InChI=1S/C35H56N2O2/c1-3-5-7-9-11-13-15-17-19-21-23-31-25-27-32(28-26-31)35-36-29-33(30-37-35)39-34(38)24-22-20-18-16-14-12-10-8-6-4-2/h25-30H,3-24H2,1-2H3. The first-order valence-corrected chi connectivity index (χ1v) is 16.3. The molecule has 0 saturated carbocycles. The van der Waals surface area contributed by atoms with Crippen LogP contribution < -0.4 is 4.74 Å². The van der Waals surface area contributed by atoms with E-state index in [1.807, 2.05) is 0 Å². The number of esters is 1. The molecule has 218 valence electrons. The molecule has 2 aromatic rings. The molecule has 0 atom stereocenters. The van der Waals surface area contributed by atoms with Gasteiger partial charge in [0.05, 0.1) is 12.4 Å². The molecule has 0 aliphatic rings. The minimum absolute atomic E-state index is 0.192. The van der Waals surface area contributed by atoms with Crippen LogP contribution in [0.1, 0.15) is 154 Å². The minimum atomic E-state index is -0.192. The average molecular weight is 537 g/mol. The number of ether oxygens (including phenoxy) is 1. The monoisotopic (exact) mass is 536 g/mol. The van der Waals surface area contributed by atoms with Gasteiger partial charge in [0, 0.05) is 12.0 Å². The van der Waals surface area contributed by atoms with Crippen LogP contribution in [-0.2, 0) is 11.2 Å². The van der Waals surface area contributed by atoms with Crippen molar-refractivity contribution >= 4 is 5.97 Å². The van der Waals surface area contributed by atoms with E-state index in [1.165, 1.54) is 121 Å². The molecular formula is C35H56N2O2. The fraction of sp³-hybridized carbons (Fsp3) is 0.686. The van der Waals surface area contributed by atoms with Crippen molar-refractivity contribution in [3.05, 3.63) is 42.2 Å².